The van der Waals surface area contributed by atoms with Crippen LogP contribution in [0.4, 0.5) is 56.9 Å². The number of aromatic hydroxyl groups is 6. The lowest BCUT2D eigenvalue weighted by atomic mass is 9.66. The fraction of sp³-hybridized carbons (Fsp3) is 0.183. The number of nitrogen functional groups attached to an aromatic ring is 3. The molecular formula is C93H79N9O26. The second kappa shape index (κ2) is 35.8. The van der Waals surface area contributed by atoms with Gasteiger partial charge in [-0.05, 0) is 115 Å². The summed E-state index contributed by atoms with van der Waals surface area (Å²) in [6.07, 6.45) is 2.39. The van der Waals surface area contributed by atoms with E-state index in [1.807, 2.05) is 33.8 Å². The minimum absolute atomic E-state index is 0.0189. The number of nitro benzene ring substituents is 3. The second-order valence-corrected chi connectivity index (χ2v) is 31.2. The van der Waals surface area contributed by atoms with Crippen LogP contribution in [0.25, 0.3) is 32.3 Å². The molecule has 35 heteroatoms. The Balaban J connectivity index is 0.000000151. The van der Waals surface area contributed by atoms with Crippen molar-refractivity contribution < 1.29 is 93.1 Å². The summed E-state index contributed by atoms with van der Waals surface area (Å²) in [6, 6.07) is 44.5. The second-order valence-electron chi connectivity index (χ2n) is 31.2. The topological polar surface area (TPSA) is 565 Å². The normalized spacial score (nSPS) is 12.7. The largest absolute Gasteiger partial charge is 0.507 e. The Morgan fingerprint density at radius 3 is 1.20 bits per heavy atom. The molecule has 1 unspecified atom stereocenters. The number of ether oxygens (including phenoxy) is 4. The summed E-state index contributed by atoms with van der Waals surface area (Å²) >= 11 is 0. The maximum absolute atomic E-state index is 14.4. The summed E-state index contributed by atoms with van der Waals surface area (Å²) in [5.74, 6) is -6.64. The number of phenolic OH excluding ortho intramolecular Hbond substituents is 6. The number of ketones is 6. The molecule has 1 atom stereocenters. The highest BCUT2D eigenvalue weighted by atomic mass is 16.6. The lowest BCUT2D eigenvalue weighted by Gasteiger charge is -2.45. The van der Waals surface area contributed by atoms with E-state index in [0.29, 0.717) is 69.2 Å². The maximum atomic E-state index is 14.4. The summed E-state index contributed by atoms with van der Waals surface area (Å²) in [5, 5.41) is 99.1. The van der Waals surface area contributed by atoms with Gasteiger partial charge in [0.1, 0.15) is 56.8 Å². The number of carbonyl (C=O) groups is 6. The van der Waals surface area contributed by atoms with Crippen molar-refractivity contribution in [3.63, 3.8) is 0 Å². The Morgan fingerprint density at radius 2 is 0.742 bits per heavy atom. The average Bonchev–Trinajstić information content (AvgIpc) is 1.53. The van der Waals surface area contributed by atoms with Gasteiger partial charge in [-0.15, -0.1) is 0 Å². The van der Waals surface area contributed by atoms with Crippen LogP contribution >= 0.6 is 0 Å². The number of nitrogens with one attached hydrogen (secondary N) is 2. The number of hydrogen-bond acceptors (Lipinski definition) is 31. The van der Waals surface area contributed by atoms with Crippen molar-refractivity contribution in [1.82, 2.24) is 4.57 Å². The number of fused-ring (bicyclic) bond motifs is 9. The quantitative estimate of drug-likeness (QED) is 0.00539. The summed E-state index contributed by atoms with van der Waals surface area (Å²) in [6.45, 7) is 9.59. The molecule has 0 bridgehead atoms. The van der Waals surface area contributed by atoms with E-state index in [4.69, 9.17) is 36.1 Å². The van der Waals surface area contributed by atoms with E-state index in [-0.39, 0.29) is 83.8 Å². The van der Waals surface area contributed by atoms with Crippen molar-refractivity contribution in [2.45, 2.75) is 59.4 Å². The Bertz CT molecular complexity index is 7070. The molecule has 0 fully saturated rings. The number of anilines is 7. The van der Waals surface area contributed by atoms with Crippen LogP contribution in [0.1, 0.15) is 155 Å². The van der Waals surface area contributed by atoms with Crippen LogP contribution in [-0.4, -0.2) is 125 Å². The number of para-hydroxylation sites is 3. The van der Waals surface area contributed by atoms with Crippen LogP contribution in [0.3, 0.4) is 0 Å². The molecule has 13 aromatic rings. The summed E-state index contributed by atoms with van der Waals surface area (Å²) in [7, 11) is 3.17. The maximum Gasteiger partial charge on any atom is 0.281 e. The molecule has 12 aromatic carbocycles. The molecule has 1 aromatic heterocycles. The Labute approximate surface area is 723 Å². The standard InChI is InChI=1S/C33H42N4O10.2C20H12N2O6.C20H13NO4/c1-32(2,11-7-13-45-5)31(33(3,4)12-8-14-47-16-15-46-6)36-29(41)23-24(30(36)42)26(35)22-21(25(23)34)27(39)19-17(37(43)44)9-10-18(38)20(19)28(22)40;23-13-8-6-11(21-10-4-2-1-3-5-10)15-17(13)20(26)16-12(22(27)28)7-9-14(24)18(16)19(15)25;23-13-8-6-11(21-10-4-2-1-3-5-10)15-17(13)20(26)18-14(24)9-7-12(22(27)28)16(18)19(15)25;21-18-15(25-11-6-2-1-3-7-11)10-14(22)16-17(18)20(24)13-9-5-4-8-12(13)19(16)23/h9-10,31,38H,7-8,11-16,34-35H2,1-6H3;2*1-9,21,23-24H;1-10,22H,21H2. The first-order chi connectivity index (χ1) is 60.9. The molecule has 0 saturated carbocycles. The summed E-state index contributed by atoms with van der Waals surface area (Å²) in [5.41, 5.74) is 10.4. The predicted octanol–water partition coefficient (Wildman–Crippen LogP) is 14.1. The van der Waals surface area contributed by atoms with Crippen molar-refractivity contribution in [2.75, 3.05) is 68.5 Å². The highest BCUT2D eigenvalue weighted by Crippen LogP contribution is 2.51. The smallest absolute Gasteiger partial charge is 0.281 e. The van der Waals surface area contributed by atoms with E-state index in [0.717, 1.165) is 41.0 Å². The Morgan fingerprint density at radius 1 is 0.375 bits per heavy atom. The number of phenols is 6. The van der Waals surface area contributed by atoms with Gasteiger partial charge in [-0.3, -0.25) is 82.9 Å². The molecule has 0 radical (unpaired) electrons. The van der Waals surface area contributed by atoms with Crippen LogP contribution in [0.15, 0.2) is 201 Å². The molecule has 0 amide bonds. The Kier molecular flexibility index (Phi) is 25.0. The zero-order chi connectivity index (χ0) is 92.6. The fourth-order valence-corrected chi connectivity index (χ4v) is 16.8. The number of nitro groups is 3. The SMILES string of the molecule is COCCCC(C)(C)C(n1c(=O)c2c(N)c3c(=O)c4c(O)ccc([N+](=O)[O-])c4c(=O)c3c(N)c2c1=O)C(C)(C)CCCOCCOC.Nc1c(Oc2ccccc2)cc(O)c2c1C(=O)c1ccccc1C2=O.O=C1c2c(O)ccc(Nc3ccccc3)c2C(=O)c2c([N+](=O)[O-])ccc(O)c21.O=C1c2c(O)ccc([N+](=O)[O-])c2C(=O)c2c(O)ccc(Nc3ccccc3)c21. The molecule has 3 aliphatic carbocycles. The average molecular weight is 1740 g/mol. The lowest BCUT2D eigenvalue weighted by Crippen LogP contribution is -2.46. The van der Waals surface area contributed by atoms with E-state index in [9.17, 15) is 109 Å². The summed E-state index contributed by atoms with van der Waals surface area (Å²) < 4.78 is 22.8. The van der Waals surface area contributed by atoms with E-state index >= 15 is 0 Å². The minimum atomic E-state index is -1.06. The molecule has 14 N–H and O–H groups in total. The molecule has 0 spiro atoms. The predicted molar refractivity (Wildman–Crippen MR) is 472 cm³/mol. The number of methoxy groups -OCH3 is 2. The van der Waals surface area contributed by atoms with Gasteiger partial charge in [-0.2, -0.15) is 0 Å². The van der Waals surface area contributed by atoms with Crippen molar-refractivity contribution in [2.24, 2.45) is 10.8 Å². The zero-order valence-electron chi connectivity index (χ0n) is 68.9. The molecule has 16 rings (SSSR count). The summed E-state index contributed by atoms with van der Waals surface area (Å²) in [4.78, 5) is 166. The fourth-order valence-electron chi connectivity index (χ4n) is 16.8. The third-order valence-electron chi connectivity index (χ3n) is 22.3. The number of non-ortho nitro benzene ring substituents is 1. The number of hydrogen-bond donors (Lipinski definition) is 11. The number of nitrogens with two attached hydrogens (primary N) is 3. The van der Waals surface area contributed by atoms with Crippen LogP contribution in [0.2, 0.25) is 0 Å². The minimum Gasteiger partial charge on any atom is -0.507 e. The number of aromatic nitrogens is 1. The first-order valence-corrected chi connectivity index (χ1v) is 39.3. The number of carbonyl (C=O) groups excluding carboxylic acids is 6. The van der Waals surface area contributed by atoms with Crippen LogP contribution in [0.5, 0.6) is 46.0 Å². The van der Waals surface area contributed by atoms with Crippen LogP contribution < -0.4 is 54.5 Å². The van der Waals surface area contributed by atoms with Gasteiger partial charge in [0.2, 0.25) is 34.0 Å². The third kappa shape index (κ3) is 16.2. The van der Waals surface area contributed by atoms with Gasteiger partial charge in [0.15, 0.2) is 17.3 Å². The highest BCUT2D eigenvalue weighted by Gasteiger charge is 2.47. The number of rotatable bonds is 23. The van der Waals surface area contributed by atoms with Crippen LogP contribution in [-0.2, 0) is 14.2 Å². The first kappa shape index (κ1) is 89.4. The van der Waals surface area contributed by atoms with Gasteiger partial charge in [0, 0.05) is 74.2 Å². The van der Waals surface area contributed by atoms with Gasteiger partial charge in [-0.1, -0.05) is 107 Å². The van der Waals surface area contributed by atoms with E-state index < -0.39 is 189 Å². The van der Waals surface area contributed by atoms with Crippen molar-refractivity contribution in [3.8, 4) is 46.0 Å². The zero-order valence-corrected chi connectivity index (χ0v) is 68.9. The highest BCUT2D eigenvalue weighted by molar-refractivity contribution is 6.35. The lowest BCUT2D eigenvalue weighted by molar-refractivity contribution is -0.385. The van der Waals surface area contributed by atoms with Crippen molar-refractivity contribution in [1.29, 1.82) is 0 Å². The molecule has 652 valence electrons. The van der Waals surface area contributed by atoms with E-state index in [2.05, 4.69) is 10.6 Å². The van der Waals surface area contributed by atoms with Gasteiger partial charge < -0.3 is 77.4 Å². The third-order valence-corrected chi connectivity index (χ3v) is 22.3. The number of benzene rings is 12. The van der Waals surface area contributed by atoms with E-state index in [1.54, 1.807) is 123 Å². The number of nitrogens with zero attached hydrogens (tertiary/aromatic N) is 4. The van der Waals surface area contributed by atoms with Gasteiger partial charge in [0.25, 0.3) is 28.2 Å². The molecule has 3 aliphatic rings. The van der Waals surface area contributed by atoms with Gasteiger partial charge in [0.05, 0.1) is 134 Å². The van der Waals surface area contributed by atoms with Crippen molar-refractivity contribution >= 4 is 124 Å². The Hall–Kier alpha value is -16.4. The van der Waals surface area contributed by atoms with E-state index in [1.165, 1.54) is 30.3 Å². The molecule has 0 saturated heterocycles. The molecule has 35 nitrogen and oxygen atoms in total. The van der Waals surface area contributed by atoms with Gasteiger partial charge in [-0.25, -0.2) is 0 Å². The molecule has 1 heterocycles. The monoisotopic (exact) mass is 1740 g/mol. The molecule has 128 heavy (non-hydrogen) atoms. The van der Waals surface area contributed by atoms with Crippen molar-refractivity contribution in [3.05, 3.63) is 320 Å². The van der Waals surface area contributed by atoms with Gasteiger partial charge >= 0.3 is 0 Å². The van der Waals surface area contributed by atoms with Crippen LogP contribution in [0, 0.1) is 41.2 Å². The molecular weight excluding hydrogens is 1660 g/mol. The first-order valence-electron chi connectivity index (χ1n) is 39.3. The molecule has 0 aliphatic heterocycles.